The summed E-state index contributed by atoms with van der Waals surface area (Å²) in [5.41, 5.74) is 2.24. The van der Waals surface area contributed by atoms with Gasteiger partial charge in [0.2, 0.25) is 0 Å². The lowest BCUT2D eigenvalue weighted by Gasteiger charge is -2.31. The molecule has 0 saturated carbocycles. The number of nitrogens with zero attached hydrogens (tertiary/aromatic N) is 3. The summed E-state index contributed by atoms with van der Waals surface area (Å²) in [5.74, 6) is -0.875. The summed E-state index contributed by atoms with van der Waals surface area (Å²) in [6.07, 6.45) is 5.37. The van der Waals surface area contributed by atoms with Crippen LogP contribution in [0.25, 0.3) is 0 Å². The number of carbonyl (C=O) groups is 1. The number of benzene rings is 1. The van der Waals surface area contributed by atoms with Gasteiger partial charge in [-0.05, 0) is 37.0 Å². The SMILES string of the molecule is Cc1cnc(OC2CCN(Cc3ccccc3C(=O)O)CC2)nc1. The largest absolute Gasteiger partial charge is 0.478 e. The molecule has 1 aromatic heterocycles. The Kier molecular flexibility index (Phi) is 5.05. The monoisotopic (exact) mass is 327 g/mol. The van der Waals surface area contributed by atoms with Crippen molar-refractivity contribution >= 4 is 5.97 Å². The number of hydrogen-bond donors (Lipinski definition) is 1. The third-order valence-corrected chi connectivity index (χ3v) is 4.21. The molecule has 0 bridgehead atoms. The van der Waals surface area contributed by atoms with Crippen LogP contribution in [0.4, 0.5) is 0 Å². The Morgan fingerprint density at radius 1 is 1.25 bits per heavy atom. The van der Waals surface area contributed by atoms with Crippen molar-refractivity contribution in [3.8, 4) is 6.01 Å². The lowest BCUT2D eigenvalue weighted by atomic mass is 10.0. The van der Waals surface area contributed by atoms with Crippen molar-refractivity contribution in [1.82, 2.24) is 14.9 Å². The highest BCUT2D eigenvalue weighted by Gasteiger charge is 2.22. The molecule has 0 amide bonds. The van der Waals surface area contributed by atoms with Gasteiger partial charge in [0.25, 0.3) is 0 Å². The number of likely N-dealkylation sites (tertiary alicyclic amines) is 1. The van der Waals surface area contributed by atoms with E-state index in [4.69, 9.17) is 4.74 Å². The second kappa shape index (κ2) is 7.40. The summed E-state index contributed by atoms with van der Waals surface area (Å²) >= 11 is 0. The fourth-order valence-electron chi connectivity index (χ4n) is 2.88. The summed E-state index contributed by atoms with van der Waals surface area (Å²) in [6.45, 7) is 4.32. The molecule has 0 atom stereocenters. The standard InChI is InChI=1S/C18H21N3O3/c1-13-10-19-18(20-11-13)24-15-6-8-21(9-7-15)12-14-4-2-3-5-16(14)17(22)23/h2-5,10-11,15H,6-9,12H2,1H3,(H,22,23). The van der Waals surface area contributed by atoms with Gasteiger partial charge in [-0.2, -0.15) is 0 Å². The first-order valence-electron chi connectivity index (χ1n) is 8.10. The Morgan fingerprint density at radius 3 is 2.58 bits per heavy atom. The Balaban J connectivity index is 1.54. The molecule has 1 fully saturated rings. The van der Waals surface area contributed by atoms with E-state index in [1.807, 2.05) is 19.1 Å². The van der Waals surface area contributed by atoms with E-state index >= 15 is 0 Å². The van der Waals surface area contributed by atoms with Crippen LogP contribution in [0.5, 0.6) is 6.01 Å². The lowest BCUT2D eigenvalue weighted by Crippen LogP contribution is -2.38. The van der Waals surface area contributed by atoms with Gasteiger partial charge in [0, 0.05) is 32.0 Å². The molecular formula is C18H21N3O3. The van der Waals surface area contributed by atoms with Gasteiger partial charge in [-0.25, -0.2) is 14.8 Å². The van der Waals surface area contributed by atoms with E-state index in [0.717, 1.165) is 37.1 Å². The molecule has 0 aliphatic carbocycles. The zero-order valence-corrected chi connectivity index (χ0v) is 13.7. The number of piperidine rings is 1. The van der Waals surface area contributed by atoms with E-state index in [-0.39, 0.29) is 6.10 Å². The molecule has 2 aromatic rings. The van der Waals surface area contributed by atoms with Gasteiger partial charge < -0.3 is 9.84 Å². The Hall–Kier alpha value is -2.47. The molecule has 1 N–H and O–H groups in total. The molecule has 0 spiro atoms. The highest BCUT2D eigenvalue weighted by molar-refractivity contribution is 5.89. The Morgan fingerprint density at radius 2 is 1.92 bits per heavy atom. The highest BCUT2D eigenvalue weighted by Crippen LogP contribution is 2.19. The van der Waals surface area contributed by atoms with Gasteiger partial charge in [0.1, 0.15) is 6.10 Å². The molecule has 2 heterocycles. The summed E-state index contributed by atoms with van der Waals surface area (Å²) in [4.78, 5) is 21.9. The Labute approximate surface area is 141 Å². The van der Waals surface area contributed by atoms with Gasteiger partial charge in [-0.1, -0.05) is 18.2 Å². The van der Waals surface area contributed by atoms with Crippen molar-refractivity contribution in [2.45, 2.75) is 32.4 Å². The van der Waals surface area contributed by atoms with Gasteiger partial charge in [0.15, 0.2) is 0 Å². The van der Waals surface area contributed by atoms with E-state index in [1.54, 1.807) is 24.5 Å². The molecule has 24 heavy (non-hydrogen) atoms. The van der Waals surface area contributed by atoms with E-state index in [0.29, 0.717) is 18.1 Å². The molecule has 126 valence electrons. The molecule has 6 nitrogen and oxygen atoms in total. The van der Waals surface area contributed by atoms with Gasteiger partial charge in [0.05, 0.1) is 5.56 Å². The summed E-state index contributed by atoms with van der Waals surface area (Å²) in [5, 5.41) is 9.27. The van der Waals surface area contributed by atoms with Crippen LogP contribution in [0.15, 0.2) is 36.7 Å². The quantitative estimate of drug-likeness (QED) is 0.909. The van der Waals surface area contributed by atoms with Crippen molar-refractivity contribution in [2.75, 3.05) is 13.1 Å². The maximum Gasteiger partial charge on any atom is 0.336 e. The van der Waals surface area contributed by atoms with E-state index in [2.05, 4.69) is 14.9 Å². The molecule has 0 unspecified atom stereocenters. The number of carboxylic acids is 1. The average molecular weight is 327 g/mol. The molecule has 1 aliphatic heterocycles. The van der Waals surface area contributed by atoms with Gasteiger partial charge in [-0.15, -0.1) is 0 Å². The zero-order chi connectivity index (χ0) is 16.9. The van der Waals surface area contributed by atoms with E-state index < -0.39 is 5.97 Å². The molecule has 1 aliphatic rings. The predicted molar refractivity (Wildman–Crippen MR) is 89.1 cm³/mol. The van der Waals surface area contributed by atoms with Crippen molar-refractivity contribution in [3.05, 3.63) is 53.3 Å². The van der Waals surface area contributed by atoms with Crippen molar-refractivity contribution in [1.29, 1.82) is 0 Å². The third-order valence-electron chi connectivity index (χ3n) is 4.21. The van der Waals surface area contributed by atoms with Crippen molar-refractivity contribution in [2.24, 2.45) is 0 Å². The maximum atomic E-state index is 11.3. The van der Waals surface area contributed by atoms with Gasteiger partial charge >= 0.3 is 12.0 Å². The number of rotatable bonds is 5. The maximum absolute atomic E-state index is 11.3. The minimum Gasteiger partial charge on any atom is -0.478 e. The smallest absolute Gasteiger partial charge is 0.336 e. The normalized spacial score (nSPS) is 16.0. The fourth-order valence-corrected chi connectivity index (χ4v) is 2.88. The van der Waals surface area contributed by atoms with Crippen LogP contribution in [0, 0.1) is 6.92 Å². The molecule has 3 rings (SSSR count). The molecule has 1 saturated heterocycles. The molecule has 6 heteroatoms. The van der Waals surface area contributed by atoms with Crippen LogP contribution in [0.3, 0.4) is 0 Å². The minimum absolute atomic E-state index is 0.110. The molecular weight excluding hydrogens is 306 g/mol. The predicted octanol–water partition coefficient (Wildman–Crippen LogP) is 2.53. The van der Waals surface area contributed by atoms with E-state index in [9.17, 15) is 9.90 Å². The van der Waals surface area contributed by atoms with Gasteiger partial charge in [-0.3, -0.25) is 4.90 Å². The molecule has 1 aromatic carbocycles. The first-order valence-corrected chi connectivity index (χ1v) is 8.10. The van der Waals surface area contributed by atoms with Crippen LogP contribution >= 0.6 is 0 Å². The van der Waals surface area contributed by atoms with Crippen LogP contribution < -0.4 is 4.74 Å². The topological polar surface area (TPSA) is 75.5 Å². The summed E-state index contributed by atoms with van der Waals surface area (Å²) < 4.78 is 5.83. The number of aromatic carboxylic acids is 1. The fraction of sp³-hybridized carbons (Fsp3) is 0.389. The third kappa shape index (κ3) is 4.08. The zero-order valence-electron chi connectivity index (χ0n) is 13.7. The highest BCUT2D eigenvalue weighted by atomic mass is 16.5. The second-order valence-electron chi connectivity index (χ2n) is 6.10. The number of hydrogen-bond acceptors (Lipinski definition) is 5. The van der Waals surface area contributed by atoms with Crippen LogP contribution in [-0.2, 0) is 6.54 Å². The van der Waals surface area contributed by atoms with Crippen LogP contribution in [-0.4, -0.2) is 45.1 Å². The van der Waals surface area contributed by atoms with Crippen LogP contribution in [0.1, 0.15) is 34.3 Å². The number of carboxylic acid groups (broad SMARTS) is 1. The Bertz CT molecular complexity index is 695. The van der Waals surface area contributed by atoms with E-state index in [1.165, 1.54) is 0 Å². The van der Waals surface area contributed by atoms with Crippen LogP contribution in [0.2, 0.25) is 0 Å². The van der Waals surface area contributed by atoms with Crippen molar-refractivity contribution in [3.63, 3.8) is 0 Å². The van der Waals surface area contributed by atoms with Crippen molar-refractivity contribution < 1.29 is 14.6 Å². The average Bonchev–Trinajstić information content (AvgIpc) is 2.59. The number of aryl methyl sites for hydroxylation is 1. The number of aromatic nitrogens is 2. The first-order chi connectivity index (χ1) is 11.6. The lowest BCUT2D eigenvalue weighted by molar-refractivity contribution is 0.0689. The summed E-state index contributed by atoms with van der Waals surface area (Å²) in [7, 11) is 0. The number of ether oxygens (including phenoxy) is 1. The second-order valence-corrected chi connectivity index (χ2v) is 6.10. The minimum atomic E-state index is -0.875. The molecule has 0 radical (unpaired) electrons. The first kappa shape index (κ1) is 16.4. The summed E-state index contributed by atoms with van der Waals surface area (Å²) in [6, 6.07) is 7.60.